The molecule has 4 heteroatoms. The highest BCUT2D eigenvalue weighted by atomic mass is 16.5. The summed E-state index contributed by atoms with van der Waals surface area (Å²) in [5, 5.41) is 12.2. The molecule has 0 aliphatic heterocycles. The smallest absolute Gasteiger partial charge is 0.161 e. The summed E-state index contributed by atoms with van der Waals surface area (Å²) >= 11 is 0. The molecule has 0 heterocycles. The van der Waals surface area contributed by atoms with Crippen LogP contribution in [0.1, 0.15) is 25.8 Å². The maximum Gasteiger partial charge on any atom is 0.161 e. The molecule has 1 aromatic rings. The Balaban J connectivity index is 2.66. The van der Waals surface area contributed by atoms with Crippen LogP contribution in [0.4, 0.5) is 0 Å². The van der Waals surface area contributed by atoms with Gasteiger partial charge >= 0.3 is 0 Å². The highest BCUT2D eigenvalue weighted by Crippen LogP contribution is 2.27. The zero-order valence-electron chi connectivity index (χ0n) is 11.4. The van der Waals surface area contributed by atoms with Crippen LogP contribution in [0.2, 0.25) is 0 Å². The fraction of sp³-hybridized carbons (Fsp3) is 0.571. The van der Waals surface area contributed by atoms with Gasteiger partial charge in [-0.3, -0.25) is 0 Å². The molecule has 0 unspecified atom stereocenters. The Morgan fingerprint density at radius 1 is 1.33 bits per heavy atom. The quantitative estimate of drug-likeness (QED) is 0.743. The third-order valence-electron chi connectivity index (χ3n) is 2.84. The van der Waals surface area contributed by atoms with Crippen molar-refractivity contribution < 1.29 is 14.6 Å². The zero-order chi connectivity index (χ0) is 13.4. The fourth-order valence-electron chi connectivity index (χ4n) is 1.53. The summed E-state index contributed by atoms with van der Waals surface area (Å²) < 4.78 is 10.7. The van der Waals surface area contributed by atoms with Crippen molar-refractivity contribution in [1.82, 2.24) is 5.32 Å². The average molecular weight is 253 g/mol. The van der Waals surface area contributed by atoms with Crippen molar-refractivity contribution in [3.63, 3.8) is 0 Å². The molecule has 0 radical (unpaired) electrons. The molecular formula is C14H23NO3. The Hall–Kier alpha value is -1.26. The molecule has 0 aliphatic rings. The molecule has 102 valence electrons. The second-order valence-corrected chi connectivity index (χ2v) is 4.25. The number of aliphatic hydroxyl groups is 1. The Morgan fingerprint density at radius 2 is 2.11 bits per heavy atom. The molecule has 0 saturated heterocycles. The summed E-state index contributed by atoms with van der Waals surface area (Å²) in [7, 11) is 1.62. The number of aliphatic hydroxyl groups excluding tert-OH is 1. The van der Waals surface area contributed by atoms with Crippen LogP contribution in [-0.4, -0.2) is 31.5 Å². The number of rotatable bonds is 8. The first-order chi connectivity index (χ1) is 8.71. The van der Waals surface area contributed by atoms with Crippen LogP contribution in [0.3, 0.4) is 0 Å². The zero-order valence-corrected chi connectivity index (χ0v) is 11.4. The lowest BCUT2D eigenvalue weighted by molar-refractivity contribution is 0.196. The van der Waals surface area contributed by atoms with Gasteiger partial charge in [0, 0.05) is 12.6 Å². The molecule has 1 atom stereocenters. The van der Waals surface area contributed by atoms with Crippen molar-refractivity contribution in [3.05, 3.63) is 23.8 Å². The monoisotopic (exact) mass is 253 g/mol. The van der Waals surface area contributed by atoms with Gasteiger partial charge in [0.25, 0.3) is 0 Å². The molecule has 1 aromatic carbocycles. The molecule has 0 fully saturated rings. The van der Waals surface area contributed by atoms with Crippen LogP contribution in [0.5, 0.6) is 11.5 Å². The fourth-order valence-corrected chi connectivity index (χ4v) is 1.53. The summed E-state index contributed by atoms with van der Waals surface area (Å²) in [4.78, 5) is 0. The van der Waals surface area contributed by atoms with Gasteiger partial charge in [-0.15, -0.1) is 0 Å². The lowest BCUT2D eigenvalue weighted by Crippen LogP contribution is -2.24. The van der Waals surface area contributed by atoms with E-state index >= 15 is 0 Å². The van der Waals surface area contributed by atoms with Gasteiger partial charge in [0.15, 0.2) is 11.5 Å². The van der Waals surface area contributed by atoms with E-state index < -0.39 is 0 Å². The Morgan fingerprint density at radius 3 is 2.72 bits per heavy atom. The number of methoxy groups -OCH3 is 1. The molecule has 0 amide bonds. The Labute approximate surface area is 109 Å². The van der Waals surface area contributed by atoms with Crippen LogP contribution in [-0.2, 0) is 6.54 Å². The predicted octanol–water partition coefficient (Wildman–Crippen LogP) is 1.95. The largest absolute Gasteiger partial charge is 0.493 e. The first-order valence-corrected chi connectivity index (χ1v) is 6.35. The Kier molecular flexibility index (Phi) is 6.54. The van der Waals surface area contributed by atoms with Crippen molar-refractivity contribution in [1.29, 1.82) is 0 Å². The van der Waals surface area contributed by atoms with Crippen molar-refractivity contribution in [2.75, 3.05) is 20.3 Å². The van der Waals surface area contributed by atoms with Crippen molar-refractivity contribution in [2.45, 2.75) is 32.9 Å². The first-order valence-electron chi connectivity index (χ1n) is 6.35. The molecule has 0 aromatic heterocycles. The molecule has 0 bridgehead atoms. The van der Waals surface area contributed by atoms with Crippen LogP contribution in [0, 0.1) is 0 Å². The van der Waals surface area contributed by atoms with Crippen molar-refractivity contribution in [2.24, 2.45) is 0 Å². The standard InChI is InChI=1S/C14H23NO3/c1-4-11(2)15-10-12-5-6-13(18-8-7-16)14(9-12)17-3/h5-6,9,11,15-16H,4,7-8,10H2,1-3H3/t11-/m0/s1. The summed E-state index contributed by atoms with van der Waals surface area (Å²) in [6, 6.07) is 6.34. The predicted molar refractivity (Wildman–Crippen MR) is 72.2 cm³/mol. The number of hydrogen-bond acceptors (Lipinski definition) is 4. The number of nitrogens with one attached hydrogen (secondary N) is 1. The molecule has 0 spiro atoms. The van der Waals surface area contributed by atoms with Gasteiger partial charge in [-0.25, -0.2) is 0 Å². The van der Waals surface area contributed by atoms with Gasteiger partial charge in [-0.05, 0) is 31.0 Å². The van der Waals surface area contributed by atoms with E-state index in [2.05, 4.69) is 19.2 Å². The van der Waals surface area contributed by atoms with E-state index in [1.54, 1.807) is 7.11 Å². The topological polar surface area (TPSA) is 50.7 Å². The molecule has 1 rings (SSSR count). The maximum atomic E-state index is 8.74. The summed E-state index contributed by atoms with van der Waals surface area (Å²) in [6.45, 7) is 5.41. The van der Waals surface area contributed by atoms with E-state index in [1.807, 2.05) is 18.2 Å². The number of hydrogen-bond donors (Lipinski definition) is 2. The van der Waals surface area contributed by atoms with Gasteiger partial charge in [0.05, 0.1) is 13.7 Å². The van der Waals surface area contributed by atoms with E-state index in [4.69, 9.17) is 14.6 Å². The van der Waals surface area contributed by atoms with Gasteiger partial charge in [0.2, 0.25) is 0 Å². The SMILES string of the molecule is CC[C@H](C)NCc1ccc(OCCO)c(OC)c1. The second-order valence-electron chi connectivity index (χ2n) is 4.25. The van der Waals surface area contributed by atoms with E-state index in [-0.39, 0.29) is 13.2 Å². The van der Waals surface area contributed by atoms with E-state index in [0.717, 1.165) is 18.5 Å². The first kappa shape index (κ1) is 14.8. The molecule has 18 heavy (non-hydrogen) atoms. The van der Waals surface area contributed by atoms with Crippen molar-refractivity contribution >= 4 is 0 Å². The summed E-state index contributed by atoms with van der Waals surface area (Å²) in [6.07, 6.45) is 1.11. The van der Waals surface area contributed by atoms with E-state index in [0.29, 0.717) is 17.5 Å². The number of ether oxygens (including phenoxy) is 2. The molecule has 0 aliphatic carbocycles. The lowest BCUT2D eigenvalue weighted by atomic mass is 10.2. The third-order valence-corrected chi connectivity index (χ3v) is 2.84. The highest BCUT2D eigenvalue weighted by Gasteiger charge is 2.06. The molecule has 0 saturated carbocycles. The van der Waals surface area contributed by atoms with E-state index in [1.165, 1.54) is 0 Å². The summed E-state index contributed by atoms with van der Waals surface area (Å²) in [5.74, 6) is 1.37. The highest BCUT2D eigenvalue weighted by molar-refractivity contribution is 5.42. The second kappa shape index (κ2) is 7.95. The minimum absolute atomic E-state index is 0.000472. The van der Waals surface area contributed by atoms with Crippen LogP contribution < -0.4 is 14.8 Å². The minimum atomic E-state index is 0.000472. The van der Waals surface area contributed by atoms with Crippen LogP contribution >= 0.6 is 0 Å². The number of benzene rings is 1. The van der Waals surface area contributed by atoms with Gasteiger partial charge in [-0.2, -0.15) is 0 Å². The third kappa shape index (κ3) is 4.55. The molecule has 2 N–H and O–H groups in total. The van der Waals surface area contributed by atoms with Crippen molar-refractivity contribution in [3.8, 4) is 11.5 Å². The maximum absolute atomic E-state index is 8.74. The van der Waals surface area contributed by atoms with Crippen LogP contribution in [0.25, 0.3) is 0 Å². The lowest BCUT2D eigenvalue weighted by Gasteiger charge is -2.14. The van der Waals surface area contributed by atoms with Gasteiger partial charge < -0.3 is 19.9 Å². The Bertz CT molecular complexity index is 355. The molecule has 4 nitrogen and oxygen atoms in total. The normalized spacial score (nSPS) is 12.2. The van der Waals surface area contributed by atoms with Gasteiger partial charge in [-0.1, -0.05) is 13.0 Å². The molecular weight excluding hydrogens is 230 g/mol. The van der Waals surface area contributed by atoms with Crippen LogP contribution in [0.15, 0.2) is 18.2 Å². The minimum Gasteiger partial charge on any atom is -0.493 e. The van der Waals surface area contributed by atoms with E-state index in [9.17, 15) is 0 Å². The van der Waals surface area contributed by atoms with Gasteiger partial charge in [0.1, 0.15) is 6.61 Å². The average Bonchev–Trinajstić information content (AvgIpc) is 2.42. The summed E-state index contributed by atoms with van der Waals surface area (Å²) in [5.41, 5.74) is 1.16.